The van der Waals surface area contributed by atoms with E-state index in [4.69, 9.17) is 23.7 Å². The smallest absolute Gasteiger partial charge is 0.219 e. The van der Waals surface area contributed by atoms with Crippen LogP contribution in [0.15, 0.2) is 0 Å². The number of carbonyl (C=O) groups is 6. The van der Waals surface area contributed by atoms with Gasteiger partial charge in [-0.25, -0.2) is 0 Å². The molecule has 19 nitrogen and oxygen atoms in total. The molecule has 3 radical (unpaired) electrons. The van der Waals surface area contributed by atoms with E-state index in [-0.39, 0.29) is 96.2 Å². The maximum absolute atomic E-state index is 12.9. The predicted octanol–water partition coefficient (Wildman–Crippen LogP) is -3.71. The second-order valence-corrected chi connectivity index (χ2v) is 14.6. The van der Waals surface area contributed by atoms with Gasteiger partial charge in [-0.1, -0.05) is 6.92 Å². The molecule has 20 heteroatoms. The number of hydrogen-bond acceptors (Lipinski definition) is 18. The minimum atomic E-state index is -1.29. The Morgan fingerprint density at radius 1 is 0.467 bits per heavy atom. The topological polar surface area (TPSA) is 234 Å². The molecule has 0 aromatic carbocycles. The van der Waals surface area contributed by atoms with Crippen molar-refractivity contribution in [1.82, 2.24) is 24.5 Å². The fraction of sp³-hybridized carbons (Fsp3) is 0.850. The quantitative estimate of drug-likeness (QED) is 0.0440. The van der Waals surface area contributed by atoms with E-state index < -0.39 is 17.9 Å². The average molecular weight is 915 g/mol. The minimum Gasteiger partial charge on any atom is -0.549 e. The summed E-state index contributed by atoms with van der Waals surface area (Å²) in [6.07, 6.45) is 5.04. The normalized spacial score (nSPS) is 15.1. The van der Waals surface area contributed by atoms with Gasteiger partial charge in [-0.3, -0.25) is 34.0 Å². The molecule has 1 aliphatic heterocycles. The Bertz CT molecular complexity index is 1160. The molecular formula is C40H70GaN5O14-3. The van der Waals surface area contributed by atoms with E-state index in [0.717, 1.165) is 12.8 Å². The number of carboxylic acids is 3. The van der Waals surface area contributed by atoms with Gasteiger partial charge in [0, 0.05) is 145 Å². The minimum absolute atomic E-state index is 0. The number of ketones is 2. The van der Waals surface area contributed by atoms with Gasteiger partial charge >= 0.3 is 0 Å². The van der Waals surface area contributed by atoms with Gasteiger partial charge in [-0.15, -0.1) is 0 Å². The first-order chi connectivity index (χ1) is 28.4. The van der Waals surface area contributed by atoms with E-state index in [1.807, 2.05) is 11.8 Å². The number of Topliss-reactive ketones (excluding diaryl/α,β-unsaturated/α-hetero) is 2. The van der Waals surface area contributed by atoms with Gasteiger partial charge in [0.25, 0.3) is 0 Å². The van der Waals surface area contributed by atoms with E-state index in [9.17, 15) is 44.1 Å². The number of ether oxygens (including phenoxy) is 5. The van der Waals surface area contributed by atoms with Gasteiger partial charge in [0.1, 0.15) is 5.78 Å². The van der Waals surface area contributed by atoms with Crippen LogP contribution in [0.25, 0.3) is 0 Å². The van der Waals surface area contributed by atoms with Crippen molar-refractivity contribution < 1.29 is 67.8 Å². The number of aliphatic carboxylic acids is 3. The van der Waals surface area contributed by atoms with Gasteiger partial charge in [0.15, 0.2) is 5.78 Å². The van der Waals surface area contributed by atoms with Crippen LogP contribution in [0.3, 0.4) is 0 Å². The first-order valence-electron chi connectivity index (χ1n) is 21.1. The molecule has 1 aliphatic rings. The Hall–Kier alpha value is -2.50. The molecule has 1 amide bonds. The van der Waals surface area contributed by atoms with Gasteiger partial charge in [-0.05, 0) is 38.5 Å². The van der Waals surface area contributed by atoms with E-state index in [2.05, 4.69) is 0 Å². The molecule has 0 saturated carbocycles. The van der Waals surface area contributed by atoms with Crippen molar-refractivity contribution in [1.29, 1.82) is 0 Å². The van der Waals surface area contributed by atoms with E-state index in [1.165, 1.54) is 6.92 Å². The molecule has 0 unspecified atom stereocenters. The number of hydrogen-bond donors (Lipinski definition) is 0. The molecule has 0 bridgehead atoms. The average Bonchev–Trinajstić information content (AvgIpc) is 3.17. The second-order valence-electron chi connectivity index (χ2n) is 14.6. The summed E-state index contributed by atoms with van der Waals surface area (Å²) in [6, 6.07) is 0. The predicted molar refractivity (Wildman–Crippen MR) is 216 cm³/mol. The molecule has 0 atom stereocenters. The molecule has 0 aromatic heterocycles. The van der Waals surface area contributed by atoms with Crippen LogP contribution in [0, 0.1) is 0 Å². The monoisotopic (exact) mass is 913 g/mol. The number of carbonyl (C=O) groups excluding carboxylic acids is 6. The van der Waals surface area contributed by atoms with Crippen LogP contribution in [-0.2, 0) is 52.5 Å². The fourth-order valence-electron chi connectivity index (χ4n) is 6.15. The summed E-state index contributed by atoms with van der Waals surface area (Å²) in [5.41, 5.74) is 0. The summed E-state index contributed by atoms with van der Waals surface area (Å²) < 4.78 is 27.6. The Labute approximate surface area is 369 Å². The summed E-state index contributed by atoms with van der Waals surface area (Å²) in [6.45, 7) is 10.3. The molecule has 345 valence electrons. The molecule has 0 aliphatic carbocycles. The zero-order chi connectivity index (χ0) is 43.5. The van der Waals surface area contributed by atoms with Crippen molar-refractivity contribution in [3.05, 3.63) is 0 Å². The maximum atomic E-state index is 12.9. The van der Waals surface area contributed by atoms with Crippen LogP contribution in [0.5, 0.6) is 0 Å². The van der Waals surface area contributed by atoms with Crippen LogP contribution in [-0.4, -0.2) is 237 Å². The van der Waals surface area contributed by atoms with Crippen LogP contribution in [0.2, 0.25) is 0 Å². The molecule has 0 spiro atoms. The van der Waals surface area contributed by atoms with Gasteiger partial charge < -0.3 is 58.3 Å². The number of carboxylic acid groups (broad SMARTS) is 3. The summed E-state index contributed by atoms with van der Waals surface area (Å²) in [4.78, 5) is 79.5. The Kier molecular flexibility index (Phi) is 36.6. The maximum Gasteiger partial charge on any atom is 0.219 e. The van der Waals surface area contributed by atoms with Gasteiger partial charge in [0.2, 0.25) is 5.91 Å². The SMILES string of the molecule is CCCOCCOCCCN(CC(=O)CCCCOCCOCCOCCCCC(=O)CN1CCN(CC(=O)[O-])CCN(CC(=O)[O-])CCN(CC(=O)[O-])CC1)C(C)=O.[Ga]. The van der Waals surface area contributed by atoms with Crippen LogP contribution >= 0.6 is 0 Å². The molecule has 1 heterocycles. The summed E-state index contributed by atoms with van der Waals surface area (Å²) in [7, 11) is 0. The summed E-state index contributed by atoms with van der Waals surface area (Å²) >= 11 is 0. The number of rotatable bonds is 35. The molecule has 0 aromatic rings. The second kappa shape index (κ2) is 38.2. The fourth-order valence-corrected chi connectivity index (χ4v) is 6.15. The van der Waals surface area contributed by atoms with Crippen LogP contribution < -0.4 is 15.3 Å². The molecule has 1 saturated heterocycles. The van der Waals surface area contributed by atoms with Crippen molar-refractivity contribution in [2.75, 3.05) is 158 Å². The number of amides is 1. The number of nitrogens with zero attached hydrogens (tertiary/aromatic N) is 5. The van der Waals surface area contributed by atoms with Crippen LogP contribution in [0.1, 0.15) is 65.2 Å². The molecule has 0 N–H and O–H groups in total. The molecular weight excluding hydrogens is 844 g/mol. The third kappa shape index (κ3) is 34.1. The van der Waals surface area contributed by atoms with E-state index in [1.54, 1.807) is 19.6 Å². The zero-order valence-corrected chi connectivity index (χ0v) is 38.6. The largest absolute Gasteiger partial charge is 0.549 e. The van der Waals surface area contributed by atoms with Crippen molar-refractivity contribution in [3.8, 4) is 0 Å². The molecule has 1 rings (SSSR count). The number of unbranched alkanes of at least 4 members (excludes halogenated alkanes) is 2. The van der Waals surface area contributed by atoms with Crippen molar-refractivity contribution in [2.45, 2.75) is 65.2 Å². The Morgan fingerprint density at radius 2 is 0.800 bits per heavy atom. The first kappa shape index (κ1) is 57.5. The third-order valence-corrected chi connectivity index (χ3v) is 9.37. The molecule has 60 heavy (non-hydrogen) atoms. The first-order valence-corrected chi connectivity index (χ1v) is 21.1. The van der Waals surface area contributed by atoms with Gasteiger partial charge in [0.05, 0.1) is 70.6 Å². The van der Waals surface area contributed by atoms with Crippen LogP contribution in [0.4, 0.5) is 0 Å². The van der Waals surface area contributed by atoms with Crippen molar-refractivity contribution in [2.24, 2.45) is 0 Å². The Morgan fingerprint density at radius 3 is 1.17 bits per heavy atom. The third-order valence-electron chi connectivity index (χ3n) is 9.37. The van der Waals surface area contributed by atoms with E-state index >= 15 is 0 Å². The molecule has 1 fully saturated rings. The van der Waals surface area contributed by atoms with E-state index in [0.29, 0.717) is 137 Å². The summed E-state index contributed by atoms with van der Waals surface area (Å²) in [5.74, 6) is -3.92. The zero-order valence-electron chi connectivity index (χ0n) is 36.2. The van der Waals surface area contributed by atoms with Gasteiger partial charge in [-0.2, -0.15) is 0 Å². The summed E-state index contributed by atoms with van der Waals surface area (Å²) in [5, 5.41) is 34.0. The Balaban J connectivity index is 0.0000348. The van der Waals surface area contributed by atoms with Crippen molar-refractivity contribution in [3.63, 3.8) is 0 Å². The standard InChI is InChI=1S/C40H73N5O14.Ga/c1-3-20-55-24-25-58-23-8-11-45(35(2)46)31-37(48)10-5-7-22-57-27-29-59-28-26-56-21-6-4-9-36(47)30-41-12-14-42(32-38(49)50)16-18-44(34-40(53)54)19-17-43(15-13-41)33-39(51)52;/h3-34H2,1-2H3,(H,49,50)(H,51,52)(H,53,54);/p-3. The van der Waals surface area contributed by atoms with Crippen molar-refractivity contribution >= 4 is 55.2 Å².